The van der Waals surface area contributed by atoms with Gasteiger partial charge in [-0.25, -0.2) is 4.21 Å². The molecule has 0 radical (unpaired) electrons. The van der Waals surface area contributed by atoms with Crippen molar-refractivity contribution in [3.63, 3.8) is 0 Å². The Balaban J connectivity index is 1.12. The van der Waals surface area contributed by atoms with E-state index in [2.05, 4.69) is 20.4 Å². The lowest BCUT2D eigenvalue weighted by molar-refractivity contribution is 0.0545. The molecular formula is C23H30N4O2S. The van der Waals surface area contributed by atoms with Gasteiger partial charge in [0.25, 0.3) is 0 Å². The third-order valence-electron chi connectivity index (χ3n) is 6.82. The Bertz CT molecular complexity index is 843. The van der Waals surface area contributed by atoms with Crippen molar-refractivity contribution in [2.45, 2.75) is 41.6 Å². The number of hydrogen-bond donors (Lipinski definition) is 1. The molecule has 1 aliphatic carbocycles. The summed E-state index contributed by atoms with van der Waals surface area (Å²) >= 11 is 0. The molecule has 0 amide bonds. The average Bonchev–Trinajstić information content (AvgIpc) is 3.33. The standard InChI is InChI=1S/C23H30N4O2S/c28-30(21-4-2-1-3-5-21)23-7-6-22(25-26-23)24-20-12-18-15-27(16-19(18)13-20)14-17-8-10-29-11-9-17/h1-7,17-20H,8-16H2,(H,24,25)/t18-,19-,30?/m1/s1. The van der Waals surface area contributed by atoms with Gasteiger partial charge in [0.15, 0.2) is 5.03 Å². The molecule has 1 aromatic carbocycles. The summed E-state index contributed by atoms with van der Waals surface area (Å²) in [4.78, 5) is 3.44. The fourth-order valence-corrected chi connectivity index (χ4v) is 6.28. The van der Waals surface area contributed by atoms with Crippen LogP contribution in [0.5, 0.6) is 0 Å². The van der Waals surface area contributed by atoms with E-state index >= 15 is 0 Å². The van der Waals surface area contributed by atoms with E-state index in [1.54, 1.807) is 0 Å². The summed E-state index contributed by atoms with van der Waals surface area (Å²) in [6.07, 6.45) is 4.85. The average molecular weight is 427 g/mol. The van der Waals surface area contributed by atoms with Gasteiger partial charge in [-0.3, -0.25) is 0 Å². The van der Waals surface area contributed by atoms with Gasteiger partial charge in [-0.05, 0) is 67.7 Å². The first-order valence-corrected chi connectivity index (χ1v) is 12.3. The molecule has 1 N–H and O–H groups in total. The predicted octanol–water partition coefficient (Wildman–Crippen LogP) is 3.19. The zero-order valence-electron chi connectivity index (χ0n) is 17.3. The zero-order chi connectivity index (χ0) is 20.3. The SMILES string of the molecule is O=S(c1ccccc1)c1ccc(NC2C[C@@H]3CN(CC4CCOCC4)C[C@H]3C2)nn1. The van der Waals surface area contributed by atoms with Crippen molar-refractivity contribution < 1.29 is 8.95 Å². The molecule has 1 aromatic heterocycles. The number of hydrogen-bond acceptors (Lipinski definition) is 6. The fraction of sp³-hybridized carbons (Fsp3) is 0.565. The van der Waals surface area contributed by atoms with Crippen LogP contribution in [0.25, 0.3) is 0 Å². The number of nitrogens with zero attached hydrogens (tertiary/aromatic N) is 3. The molecule has 6 nitrogen and oxygen atoms in total. The van der Waals surface area contributed by atoms with E-state index in [4.69, 9.17) is 4.74 Å². The van der Waals surface area contributed by atoms with Gasteiger partial charge in [0.1, 0.15) is 16.6 Å². The van der Waals surface area contributed by atoms with Crippen LogP contribution in [0.1, 0.15) is 25.7 Å². The van der Waals surface area contributed by atoms with Gasteiger partial charge < -0.3 is 15.0 Å². The molecule has 30 heavy (non-hydrogen) atoms. The molecule has 2 aliphatic heterocycles. The smallest absolute Gasteiger partial charge is 0.155 e. The van der Waals surface area contributed by atoms with Crippen molar-refractivity contribution in [2.24, 2.45) is 17.8 Å². The van der Waals surface area contributed by atoms with Gasteiger partial charge in [-0.2, -0.15) is 0 Å². The van der Waals surface area contributed by atoms with Crippen molar-refractivity contribution in [3.05, 3.63) is 42.5 Å². The zero-order valence-corrected chi connectivity index (χ0v) is 18.1. The van der Waals surface area contributed by atoms with Crippen LogP contribution in [-0.2, 0) is 15.5 Å². The third-order valence-corrected chi connectivity index (χ3v) is 8.12. The number of ether oxygens (including phenoxy) is 1. The van der Waals surface area contributed by atoms with E-state index in [-0.39, 0.29) is 0 Å². The highest BCUT2D eigenvalue weighted by molar-refractivity contribution is 7.85. The van der Waals surface area contributed by atoms with Crippen LogP contribution in [0.3, 0.4) is 0 Å². The predicted molar refractivity (Wildman–Crippen MR) is 117 cm³/mol. The number of likely N-dealkylation sites (tertiary alicyclic amines) is 1. The lowest BCUT2D eigenvalue weighted by atomic mass is 10.00. The van der Waals surface area contributed by atoms with E-state index in [1.165, 1.54) is 45.3 Å². The molecule has 3 heterocycles. The lowest BCUT2D eigenvalue weighted by Gasteiger charge is -2.27. The van der Waals surface area contributed by atoms with Gasteiger partial charge in [0.05, 0.1) is 0 Å². The summed E-state index contributed by atoms with van der Waals surface area (Å²) < 4.78 is 18.1. The largest absolute Gasteiger partial charge is 0.381 e. The molecule has 7 heteroatoms. The van der Waals surface area contributed by atoms with Crippen LogP contribution in [0.4, 0.5) is 5.82 Å². The molecule has 2 saturated heterocycles. The maximum Gasteiger partial charge on any atom is 0.155 e. The van der Waals surface area contributed by atoms with Crippen molar-refractivity contribution in [1.82, 2.24) is 15.1 Å². The molecule has 3 fully saturated rings. The van der Waals surface area contributed by atoms with Gasteiger partial charge in [-0.1, -0.05) is 18.2 Å². The summed E-state index contributed by atoms with van der Waals surface area (Å²) in [5.74, 6) is 3.19. The summed E-state index contributed by atoms with van der Waals surface area (Å²) in [5.41, 5.74) is 0. The maximum atomic E-state index is 12.6. The molecule has 2 aromatic rings. The van der Waals surface area contributed by atoms with Crippen LogP contribution >= 0.6 is 0 Å². The number of fused-ring (bicyclic) bond motifs is 1. The lowest BCUT2D eigenvalue weighted by Crippen LogP contribution is -2.32. The second-order valence-electron chi connectivity index (χ2n) is 8.95. The molecule has 3 atom stereocenters. The topological polar surface area (TPSA) is 67.4 Å². The Morgan fingerprint density at radius 2 is 1.73 bits per heavy atom. The fourth-order valence-electron chi connectivity index (χ4n) is 5.33. The van der Waals surface area contributed by atoms with E-state index in [0.29, 0.717) is 11.1 Å². The molecular weight excluding hydrogens is 396 g/mol. The minimum Gasteiger partial charge on any atom is -0.381 e. The second-order valence-corrected chi connectivity index (χ2v) is 10.4. The summed E-state index contributed by atoms with van der Waals surface area (Å²) in [7, 11) is -1.29. The van der Waals surface area contributed by atoms with Gasteiger partial charge >= 0.3 is 0 Å². The number of nitrogens with one attached hydrogen (secondary N) is 1. The second kappa shape index (κ2) is 9.12. The molecule has 160 valence electrons. The van der Waals surface area contributed by atoms with E-state index < -0.39 is 10.8 Å². The summed E-state index contributed by atoms with van der Waals surface area (Å²) in [5, 5.41) is 12.6. The molecule has 5 rings (SSSR count). The Morgan fingerprint density at radius 1 is 1.00 bits per heavy atom. The molecule has 3 aliphatic rings. The van der Waals surface area contributed by atoms with Gasteiger partial charge in [0, 0.05) is 43.8 Å². The van der Waals surface area contributed by atoms with E-state index in [0.717, 1.165) is 41.7 Å². The van der Waals surface area contributed by atoms with Crippen LogP contribution in [-0.4, -0.2) is 58.2 Å². The Morgan fingerprint density at radius 3 is 2.40 bits per heavy atom. The van der Waals surface area contributed by atoms with Crippen LogP contribution in [0.15, 0.2) is 52.4 Å². The summed E-state index contributed by atoms with van der Waals surface area (Å²) in [6.45, 7) is 5.61. The van der Waals surface area contributed by atoms with Crippen molar-refractivity contribution in [3.8, 4) is 0 Å². The van der Waals surface area contributed by atoms with Crippen molar-refractivity contribution in [1.29, 1.82) is 0 Å². The molecule has 0 bridgehead atoms. The van der Waals surface area contributed by atoms with Crippen LogP contribution in [0.2, 0.25) is 0 Å². The number of rotatable bonds is 6. The minimum absolute atomic E-state index is 0.463. The Kier molecular flexibility index (Phi) is 6.11. The molecule has 1 unspecified atom stereocenters. The number of anilines is 1. The molecule has 0 spiro atoms. The Labute approximate surface area is 180 Å². The highest BCUT2D eigenvalue weighted by Gasteiger charge is 2.41. The first-order chi connectivity index (χ1) is 14.7. The van der Waals surface area contributed by atoms with Crippen molar-refractivity contribution >= 4 is 16.6 Å². The van der Waals surface area contributed by atoms with E-state index in [1.807, 2.05) is 42.5 Å². The normalized spacial score (nSPS) is 26.5. The quantitative estimate of drug-likeness (QED) is 0.765. The first-order valence-electron chi connectivity index (χ1n) is 11.1. The van der Waals surface area contributed by atoms with Crippen molar-refractivity contribution in [2.75, 3.05) is 38.2 Å². The number of aromatic nitrogens is 2. The Hall–Kier alpha value is -1.83. The third kappa shape index (κ3) is 4.58. The van der Waals surface area contributed by atoms with Crippen LogP contribution < -0.4 is 5.32 Å². The minimum atomic E-state index is -1.29. The highest BCUT2D eigenvalue weighted by Crippen LogP contribution is 2.39. The monoisotopic (exact) mass is 426 g/mol. The molecule has 1 saturated carbocycles. The first kappa shape index (κ1) is 20.1. The van der Waals surface area contributed by atoms with E-state index in [9.17, 15) is 4.21 Å². The maximum absolute atomic E-state index is 12.6. The van der Waals surface area contributed by atoms with Gasteiger partial charge in [-0.15, -0.1) is 10.2 Å². The van der Waals surface area contributed by atoms with Gasteiger partial charge in [0.2, 0.25) is 0 Å². The number of benzene rings is 1. The van der Waals surface area contributed by atoms with Crippen LogP contribution in [0, 0.1) is 17.8 Å². The summed E-state index contributed by atoms with van der Waals surface area (Å²) in [6, 6.07) is 13.6. The highest BCUT2D eigenvalue weighted by atomic mass is 32.2.